The van der Waals surface area contributed by atoms with Crippen molar-refractivity contribution in [3.05, 3.63) is 35.1 Å². The van der Waals surface area contributed by atoms with Crippen LogP contribution >= 0.6 is 24.0 Å². The van der Waals surface area contributed by atoms with E-state index in [1.165, 1.54) is 0 Å². The molecule has 1 heterocycles. The second-order valence-electron chi connectivity index (χ2n) is 6.65. The highest BCUT2D eigenvalue weighted by atomic mass is 127. The summed E-state index contributed by atoms with van der Waals surface area (Å²) in [7, 11) is 1.76. The summed E-state index contributed by atoms with van der Waals surface area (Å²) in [4.78, 5) is 9.23. The van der Waals surface area contributed by atoms with Crippen molar-refractivity contribution in [2.45, 2.75) is 26.8 Å². The van der Waals surface area contributed by atoms with Crippen LogP contribution in [-0.4, -0.2) is 68.6 Å². The normalized spacial score (nSPS) is 17.5. The minimum Gasteiger partial charge on any atom is -0.355 e. The summed E-state index contributed by atoms with van der Waals surface area (Å²) in [6.45, 7) is 13.6. The Morgan fingerprint density at radius 2 is 1.88 bits per heavy atom. The van der Waals surface area contributed by atoms with Gasteiger partial charge in [-0.15, -0.1) is 24.0 Å². The number of piperazine rings is 1. The monoisotopic (exact) mass is 477 g/mol. The molecule has 1 fully saturated rings. The van der Waals surface area contributed by atoms with Crippen molar-refractivity contribution < 1.29 is 4.39 Å². The predicted octanol–water partition coefficient (Wildman–Crippen LogP) is 2.62. The molecule has 0 amide bonds. The number of aryl methyl sites for hydroxylation is 1. The van der Waals surface area contributed by atoms with Crippen molar-refractivity contribution in [1.82, 2.24) is 20.4 Å². The van der Waals surface area contributed by atoms with Crippen LogP contribution in [0.15, 0.2) is 23.2 Å². The van der Waals surface area contributed by atoms with Gasteiger partial charge in [0.25, 0.3) is 0 Å². The average Bonchev–Trinajstić information content (AvgIpc) is 2.63. The molecule has 2 rings (SSSR count). The topological polar surface area (TPSA) is 42.9 Å². The summed E-state index contributed by atoms with van der Waals surface area (Å²) in [6.07, 6.45) is 0. The molecule has 0 aliphatic carbocycles. The second-order valence-corrected chi connectivity index (χ2v) is 6.65. The first-order valence-electron chi connectivity index (χ1n) is 9.21. The second kappa shape index (κ2) is 11.7. The van der Waals surface area contributed by atoms with E-state index in [9.17, 15) is 4.39 Å². The van der Waals surface area contributed by atoms with Crippen molar-refractivity contribution in [2.24, 2.45) is 4.99 Å². The third-order valence-electron chi connectivity index (χ3n) is 4.91. The SMILES string of the molecule is CCN1CCN(CCNC(=NC)NC(C)c2ccc(C)c(F)c2)CC1.I. The molecule has 0 radical (unpaired) electrons. The van der Waals surface area contributed by atoms with E-state index in [1.807, 2.05) is 19.1 Å². The number of aliphatic imine (C=N–C) groups is 1. The van der Waals surface area contributed by atoms with Crippen LogP contribution in [0.5, 0.6) is 0 Å². The molecule has 0 spiro atoms. The highest BCUT2D eigenvalue weighted by Crippen LogP contribution is 2.16. The van der Waals surface area contributed by atoms with E-state index in [2.05, 4.69) is 32.3 Å². The quantitative estimate of drug-likeness (QED) is 0.376. The molecule has 5 nitrogen and oxygen atoms in total. The molecule has 1 aliphatic rings. The van der Waals surface area contributed by atoms with Crippen LogP contribution in [-0.2, 0) is 0 Å². The van der Waals surface area contributed by atoms with E-state index in [1.54, 1.807) is 20.0 Å². The summed E-state index contributed by atoms with van der Waals surface area (Å²) in [5, 5.41) is 6.69. The molecule has 0 bridgehead atoms. The van der Waals surface area contributed by atoms with Gasteiger partial charge in [-0.1, -0.05) is 19.1 Å². The van der Waals surface area contributed by atoms with Gasteiger partial charge in [-0.05, 0) is 37.6 Å². The number of nitrogens with zero attached hydrogens (tertiary/aromatic N) is 3. The van der Waals surface area contributed by atoms with E-state index in [-0.39, 0.29) is 35.8 Å². The third-order valence-corrected chi connectivity index (χ3v) is 4.91. The number of guanidine groups is 1. The number of rotatable bonds is 6. The zero-order valence-corrected chi connectivity index (χ0v) is 18.7. The van der Waals surface area contributed by atoms with Gasteiger partial charge in [0.2, 0.25) is 0 Å². The van der Waals surface area contributed by atoms with E-state index < -0.39 is 0 Å². The minimum atomic E-state index is -0.166. The summed E-state index contributed by atoms with van der Waals surface area (Å²) >= 11 is 0. The van der Waals surface area contributed by atoms with Crippen molar-refractivity contribution in [3.63, 3.8) is 0 Å². The summed E-state index contributed by atoms with van der Waals surface area (Å²) in [5.74, 6) is 0.584. The number of hydrogen-bond donors (Lipinski definition) is 2. The first-order valence-corrected chi connectivity index (χ1v) is 9.21. The van der Waals surface area contributed by atoms with E-state index in [0.717, 1.165) is 57.3 Å². The largest absolute Gasteiger partial charge is 0.355 e. The molecule has 26 heavy (non-hydrogen) atoms. The van der Waals surface area contributed by atoms with Crippen LogP contribution in [0.4, 0.5) is 4.39 Å². The van der Waals surface area contributed by atoms with Crippen molar-refractivity contribution in [1.29, 1.82) is 0 Å². The Morgan fingerprint density at radius 1 is 1.23 bits per heavy atom. The smallest absolute Gasteiger partial charge is 0.191 e. The van der Waals surface area contributed by atoms with Gasteiger partial charge < -0.3 is 15.5 Å². The third kappa shape index (κ3) is 7.00. The maximum atomic E-state index is 13.7. The van der Waals surface area contributed by atoms with E-state index in [4.69, 9.17) is 0 Å². The molecule has 148 valence electrons. The van der Waals surface area contributed by atoms with E-state index in [0.29, 0.717) is 5.56 Å². The summed E-state index contributed by atoms with van der Waals surface area (Å²) in [5.41, 5.74) is 1.59. The molecule has 7 heteroatoms. The highest BCUT2D eigenvalue weighted by molar-refractivity contribution is 14.0. The Labute approximate surface area is 174 Å². The molecule has 1 aromatic rings. The van der Waals surface area contributed by atoms with Gasteiger partial charge in [-0.25, -0.2) is 4.39 Å². The van der Waals surface area contributed by atoms with Gasteiger partial charge in [-0.3, -0.25) is 9.89 Å². The molecular formula is C19H33FIN5. The zero-order chi connectivity index (χ0) is 18.2. The van der Waals surface area contributed by atoms with Gasteiger partial charge in [-0.2, -0.15) is 0 Å². The van der Waals surface area contributed by atoms with Crippen molar-refractivity contribution in [2.75, 3.05) is 52.9 Å². The fourth-order valence-corrected chi connectivity index (χ4v) is 3.02. The molecule has 1 unspecified atom stereocenters. The molecule has 0 aromatic heterocycles. The number of benzene rings is 1. The Kier molecular flexibility index (Phi) is 10.4. The van der Waals surface area contributed by atoms with Gasteiger partial charge in [0.1, 0.15) is 5.82 Å². The average molecular weight is 477 g/mol. The Morgan fingerprint density at radius 3 is 2.46 bits per heavy atom. The fourth-order valence-electron chi connectivity index (χ4n) is 3.02. The molecule has 0 saturated carbocycles. The van der Waals surface area contributed by atoms with Crippen LogP contribution in [0.1, 0.15) is 31.0 Å². The maximum absolute atomic E-state index is 13.7. The molecule has 1 saturated heterocycles. The van der Waals surface area contributed by atoms with Crippen LogP contribution in [0.25, 0.3) is 0 Å². The molecule has 1 aromatic carbocycles. The van der Waals surface area contributed by atoms with Crippen molar-refractivity contribution >= 4 is 29.9 Å². The first kappa shape index (κ1) is 23.1. The minimum absolute atomic E-state index is 0. The summed E-state index contributed by atoms with van der Waals surface area (Å²) < 4.78 is 13.7. The van der Waals surface area contributed by atoms with Crippen LogP contribution in [0, 0.1) is 12.7 Å². The maximum Gasteiger partial charge on any atom is 0.191 e. The van der Waals surface area contributed by atoms with Crippen LogP contribution in [0.3, 0.4) is 0 Å². The van der Waals surface area contributed by atoms with Crippen LogP contribution in [0.2, 0.25) is 0 Å². The number of nitrogens with one attached hydrogen (secondary N) is 2. The predicted molar refractivity (Wildman–Crippen MR) is 118 cm³/mol. The lowest BCUT2D eigenvalue weighted by molar-refractivity contribution is 0.139. The molecular weight excluding hydrogens is 444 g/mol. The Hall–Kier alpha value is -0.930. The van der Waals surface area contributed by atoms with Gasteiger partial charge in [0.05, 0.1) is 6.04 Å². The Balaban J connectivity index is 0.00000338. The number of likely N-dealkylation sites (N-methyl/N-ethyl adjacent to an activating group) is 1. The Bertz CT molecular complexity index is 573. The zero-order valence-electron chi connectivity index (χ0n) is 16.4. The lowest BCUT2D eigenvalue weighted by atomic mass is 10.1. The van der Waals surface area contributed by atoms with Gasteiger partial charge in [0.15, 0.2) is 5.96 Å². The molecule has 1 atom stereocenters. The van der Waals surface area contributed by atoms with Gasteiger partial charge >= 0.3 is 0 Å². The lowest BCUT2D eigenvalue weighted by Crippen LogP contribution is -2.49. The fraction of sp³-hybridized carbons (Fsp3) is 0.632. The van der Waals surface area contributed by atoms with Gasteiger partial charge in [0, 0.05) is 46.3 Å². The van der Waals surface area contributed by atoms with Crippen molar-refractivity contribution in [3.8, 4) is 0 Å². The van der Waals surface area contributed by atoms with Crippen LogP contribution < -0.4 is 10.6 Å². The highest BCUT2D eigenvalue weighted by Gasteiger charge is 2.15. The number of halogens is 2. The standard InChI is InChI=1S/C19H32FN5.HI/c1-5-24-10-12-25(13-11-24)9-8-22-19(21-4)23-16(3)17-7-6-15(2)18(20)14-17;/h6-7,14,16H,5,8-13H2,1-4H3,(H2,21,22,23);1H. The molecule has 2 N–H and O–H groups in total. The number of hydrogen-bond acceptors (Lipinski definition) is 3. The molecule has 1 aliphatic heterocycles. The summed E-state index contributed by atoms with van der Waals surface area (Å²) in [6, 6.07) is 5.35. The lowest BCUT2D eigenvalue weighted by Gasteiger charge is -2.34. The van der Waals surface area contributed by atoms with E-state index >= 15 is 0 Å². The first-order chi connectivity index (χ1) is 12.0.